The number of nitrogens with zero attached hydrogens (tertiary/aromatic N) is 3. The second-order valence-electron chi connectivity index (χ2n) is 4.17. The van der Waals surface area contributed by atoms with Gasteiger partial charge in [-0.05, 0) is 13.8 Å². The van der Waals surface area contributed by atoms with Gasteiger partial charge in [0.1, 0.15) is 12.2 Å². The van der Waals surface area contributed by atoms with E-state index in [1.165, 1.54) is 4.68 Å². The molecule has 0 fully saturated rings. The number of carboxylic acid groups (broad SMARTS) is 1. The van der Waals surface area contributed by atoms with Crippen molar-refractivity contribution in [2.24, 2.45) is 5.73 Å². The molecule has 1 atom stereocenters. The van der Waals surface area contributed by atoms with Crippen molar-refractivity contribution in [3.8, 4) is 0 Å². The molecule has 9 heteroatoms. The van der Waals surface area contributed by atoms with E-state index in [2.05, 4.69) is 10.1 Å². The van der Waals surface area contributed by atoms with Gasteiger partial charge in [0.05, 0.1) is 0 Å². The molecule has 0 radical (unpaired) electrons. The van der Waals surface area contributed by atoms with Crippen LogP contribution in [0.4, 0.5) is 13.2 Å². The van der Waals surface area contributed by atoms with Gasteiger partial charge in [-0.15, -0.1) is 0 Å². The summed E-state index contributed by atoms with van der Waals surface area (Å²) in [6, 6.07) is -0.242. The average Bonchev–Trinajstić information content (AvgIpc) is 2.63. The van der Waals surface area contributed by atoms with Gasteiger partial charge in [-0.3, -0.25) is 0 Å². The molecule has 0 saturated carbocycles. The van der Waals surface area contributed by atoms with Gasteiger partial charge in [-0.2, -0.15) is 18.3 Å². The second-order valence-corrected chi connectivity index (χ2v) is 4.17. The lowest BCUT2D eigenvalue weighted by molar-refractivity contribution is -0.202. The summed E-state index contributed by atoms with van der Waals surface area (Å²) in [6.45, 7) is 3.37. The highest BCUT2D eigenvalue weighted by Gasteiger charge is 2.58. The Morgan fingerprint density at radius 1 is 1.56 bits per heavy atom. The van der Waals surface area contributed by atoms with E-state index >= 15 is 0 Å². The maximum Gasteiger partial charge on any atom is 0.417 e. The van der Waals surface area contributed by atoms with E-state index in [0.29, 0.717) is 0 Å². The van der Waals surface area contributed by atoms with Crippen LogP contribution in [-0.4, -0.2) is 37.6 Å². The van der Waals surface area contributed by atoms with Gasteiger partial charge in [-0.25, -0.2) is 14.5 Å². The number of aliphatic carboxylic acids is 1. The van der Waals surface area contributed by atoms with E-state index in [-0.39, 0.29) is 11.9 Å². The highest BCUT2D eigenvalue weighted by atomic mass is 19.4. The topological polar surface area (TPSA) is 94.0 Å². The predicted molar refractivity (Wildman–Crippen MR) is 54.7 cm³/mol. The van der Waals surface area contributed by atoms with Crippen molar-refractivity contribution in [1.82, 2.24) is 14.8 Å². The Balaban J connectivity index is 3.13. The number of aromatic nitrogens is 3. The fourth-order valence-electron chi connectivity index (χ4n) is 1.38. The Morgan fingerprint density at radius 2 is 2.11 bits per heavy atom. The predicted octanol–water partition coefficient (Wildman–Crippen LogP) is 0.746. The standard InChI is InChI=1S/C9H13F3N4O2/c1-5(2)16-6(14-4-15-16)3-8(13,7(17)18)9(10,11)12/h4-5H,3,13H2,1-2H3,(H,17,18). The van der Waals surface area contributed by atoms with Gasteiger partial charge in [-0.1, -0.05) is 0 Å². The first-order valence-electron chi connectivity index (χ1n) is 5.07. The smallest absolute Gasteiger partial charge is 0.417 e. The highest BCUT2D eigenvalue weighted by Crippen LogP contribution is 2.31. The summed E-state index contributed by atoms with van der Waals surface area (Å²) in [4.78, 5) is 14.4. The summed E-state index contributed by atoms with van der Waals surface area (Å²) in [5, 5.41) is 12.4. The van der Waals surface area contributed by atoms with Crippen LogP contribution in [-0.2, 0) is 11.2 Å². The Labute approximate surface area is 101 Å². The molecule has 102 valence electrons. The van der Waals surface area contributed by atoms with Crippen molar-refractivity contribution in [2.75, 3.05) is 0 Å². The van der Waals surface area contributed by atoms with Crippen LogP contribution in [0.15, 0.2) is 6.33 Å². The molecule has 0 amide bonds. The average molecular weight is 266 g/mol. The summed E-state index contributed by atoms with van der Waals surface area (Å²) < 4.78 is 39.4. The zero-order valence-corrected chi connectivity index (χ0v) is 9.77. The molecule has 1 aromatic rings. The zero-order valence-electron chi connectivity index (χ0n) is 9.77. The monoisotopic (exact) mass is 266 g/mol. The Morgan fingerprint density at radius 3 is 2.50 bits per heavy atom. The lowest BCUT2D eigenvalue weighted by Gasteiger charge is -2.27. The lowest BCUT2D eigenvalue weighted by Crippen LogP contribution is -2.61. The third-order valence-electron chi connectivity index (χ3n) is 2.46. The van der Waals surface area contributed by atoms with Crippen molar-refractivity contribution in [2.45, 2.75) is 38.0 Å². The molecule has 3 N–H and O–H groups in total. The van der Waals surface area contributed by atoms with Gasteiger partial charge in [0.2, 0.25) is 5.54 Å². The third kappa shape index (κ3) is 2.45. The van der Waals surface area contributed by atoms with Crippen LogP contribution in [0.1, 0.15) is 25.7 Å². The van der Waals surface area contributed by atoms with Gasteiger partial charge in [0, 0.05) is 12.5 Å². The van der Waals surface area contributed by atoms with Crippen LogP contribution >= 0.6 is 0 Å². The minimum absolute atomic E-state index is 0.118. The van der Waals surface area contributed by atoms with E-state index in [0.717, 1.165) is 6.33 Å². The summed E-state index contributed by atoms with van der Waals surface area (Å²) in [5.74, 6) is -2.26. The lowest BCUT2D eigenvalue weighted by atomic mass is 9.95. The van der Waals surface area contributed by atoms with Crippen LogP contribution in [0.2, 0.25) is 0 Å². The molecule has 0 aromatic carbocycles. The van der Waals surface area contributed by atoms with Crippen LogP contribution in [0.3, 0.4) is 0 Å². The highest BCUT2D eigenvalue weighted by molar-refractivity contribution is 5.80. The summed E-state index contributed by atoms with van der Waals surface area (Å²) in [6.07, 6.45) is -4.98. The minimum atomic E-state index is -5.08. The van der Waals surface area contributed by atoms with E-state index in [1.54, 1.807) is 13.8 Å². The number of alkyl halides is 3. The van der Waals surface area contributed by atoms with Crippen molar-refractivity contribution in [3.05, 3.63) is 12.2 Å². The van der Waals surface area contributed by atoms with Crippen LogP contribution in [0.25, 0.3) is 0 Å². The van der Waals surface area contributed by atoms with Crippen LogP contribution in [0, 0.1) is 0 Å². The van der Waals surface area contributed by atoms with Crippen molar-refractivity contribution >= 4 is 5.97 Å². The zero-order chi connectivity index (χ0) is 14.1. The fourth-order valence-corrected chi connectivity index (χ4v) is 1.38. The number of carboxylic acids is 1. The largest absolute Gasteiger partial charge is 0.480 e. The summed E-state index contributed by atoms with van der Waals surface area (Å²) in [5.41, 5.74) is 1.60. The molecular weight excluding hydrogens is 253 g/mol. The minimum Gasteiger partial charge on any atom is -0.480 e. The number of rotatable bonds is 4. The first-order valence-corrected chi connectivity index (χ1v) is 5.07. The molecule has 6 nitrogen and oxygen atoms in total. The van der Waals surface area contributed by atoms with E-state index in [9.17, 15) is 18.0 Å². The van der Waals surface area contributed by atoms with Crippen molar-refractivity contribution in [3.63, 3.8) is 0 Å². The quantitative estimate of drug-likeness (QED) is 0.838. The molecule has 0 bridgehead atoms. The number of carbonyl (C=O) groups is 1. The maximum atomic E-state index is 12.7. The summed E-state index contributed by atoms with van der Waals surface area (Å²) >= 11 is 0. The molecule has 0 aliphatic rings. The first-order chi connectivity index (χ1) is 8.09. The molecule has 1 unspecified atom stereocenters. The third-order valence-corrected chi connectivity index (χ3v) is 2.46. The molecule has 18 heavy (non-hydrogen) atoms. The van der Waals surface area contributed by atoms with Gasteiger partial charge in [0.25, 0.3) is 0 Å². The maximum absolute atomic E-state index is 12.7. The molecule has 0 aliphatic carbocycles. The second kappa shape index (κ2) is 4.56. The van der Waals surface area contributed by atoms with Gasteiger partial charge < -0.3 is 10.8 Å². The number of nitrogens with two attached hydrogens (primary N) is 1. The SMILES string of the molecule is CC(C)n1ncnc1CC(N)(C(=O)O)C(F)(F)F. The molecule has 1 heterocycles. The number of hydrogen-bond acceptors (Lipinski definition) is 4. The number of hydrogen-bond donors (Lipinski definition) is 2. The van der Waals surface area contributed by atoms with E-state index < -0.39 is 24.1 Å². The first kappa shape index (κ1) is 14.4. The normalized spacial score (nSPS) is 15.7. The Hall–Kier alpha value is -1.64. The van der Waals surface area contributed by atoms with Crippen molar-refractivity contribution < 1.29 is 23.1 Å². The molecular formula is C9H13F3N4O2. The summed E-state index contributed by atoms with van der Waals surface area (Å²) in [7, 11) is 0. The number of halogens is 3. The molecule has 0 spiro atoms. The molecule has 0 saturated heterocycles. The van der Waals surface area contributed by atoms with Crippen LogP contribution < -0.4 is 5.73 Å². The Bertz CT molecular complexity index is 443. The molecule has 1 rings (SSSR count). The fraction of sp³-hybridized carbons (Fsp3) is 0.667. The molecule has 0 aliphatic heterocycles. The van der Waals surface area contributed by atoms with E-state index in [1.807, 2.05) is 0 Å². The Kier molecular flexibility index (Phi) is 3.65. The molecule has 1 aromatic heterocycles. The van der Waals surface area contributed by atoms with Gasteiger partial charge >= 0.3 is 12.1 Å². The van der Waals surface area contributed by atoms with Crippen LogP contribution in [0.5, 0.6) is 0 Å². The van der Waals surface area contributed by atoms with Gasteiger partial charge in [0.15, 0.2) is 0 Å². The van der Waals surface area contributed by atoms with Crippen molar-refractivity contribution in [1.29, 1.82) is 0 Å². The van der Waals surface area contributed by atoms with E-state index in [4.69, 9.17) is 10.8 Å².